The Morgan fingerprint density at radius 1 is 1.50 bits per heavy atom. The van der Waals surface area contributed by atoms with Crippen LogP contribution >= 0.6 is 11.6 Å². The van der Waals surface area contributed by atoms with E-state index in [0.29, 0.717) is 23.0 Å². The molecule has 1 N–H and O–H groups in total. The lowest BCUT2D eigenvalue weighted by molar-refractivity contribution is 0.561. The summed E-state index contributed by atoms with van der Waals surface area (Å²) in [5, 5.41) is 3.87. The maximum absolute atomic E-state index is 13.4. The molecule has 0 radical (unpaired) electrons. The molecule has 0 amide bonds. The minimum atomic E-state index is -0.189. The van der Waals surface area contributed by atoms with Gasteiger partial charge in [0, 0.05) is 16.6 Å². The van der Waals surface area contributed by atoms with Gasteiger partial charge in [-0.05, 0) is 37.9 Å². The van der Waals surface area contributed by atoms with Crippen molar-refractivity contribution in [2.24, 2.45) is 0 Å². The molecule has 1 aliphatic heterocycles. The molecule has 0 aromatic heterocycles. The van der Waals surface area contributed by atoms with E-state index in [1.54, 1.807) is 12.1 Å². The summed E-state index contributed by atoms with van der Waals surface area (Å²) in [6.07, 6.45) is 2.99. The molecular formula is C11H13ClFN. The van der Waals surface area contributed by atoms with Crippen LogP contribution in [0.4, 0.5) is 4.39 Å². The Hall–Kier alpha value is -0.600. The van der Waals surface area contributed by atoms with E-state index < -0.39 is 0 Å². The average Bonchev–Trinajstić information content (AvgIpc) is 2.64. The van der Waals surface area contributed by atoms with E-state index >= 15 is 0 Å². The van der Waals surface area contributed by atoms with Crippen LogP contribution in [0.1, 0.15) is 18.4 Å². The lowest BCUT2D eigenvalue weighted by Crippen LogP contribution is -2.24. The zero-order valence-corrected chi connectivity index (χ0v) is 8.65. The summed E-state index contributed by atoms with van der Waals surface area (Å²) in [5.74, 6) is -0.189. The summed E-state index contributed by atoms with van der Waals surface area (Å²) in [6.45, 7) is 1.04. The van der Waals surface area contributed by atoms with Crippen LogP contribution in [0.25, 0.3) is 0 Å². The summed E-state index contributed by atoms with van der Waals surface area (Å²) in [7, 11) is 0. The molecule has 2 rings (SSSR count). The molecule has 1 nitrogen and oxygen atoms in total. The van der Waals surface area contributed by atoms with Gasteiger partial charge in [-0.15, -0.1) is 0 Å². The summed E-state index contributed by atoms with van der Waals surface area (Å²) in [5.41, 5.74) is 0.647. The first-order chi connectivity index (χ1) is 6.77. The van der Waals surface area contributed by atoms with Gasteiger partial charge < -0.3 is 5.32 Å². The van der Waals surface area contributed by atoms with Crippen molar-refractivity contribution >= 4 is 11.6 Å². The zero-order chi connectivity index (χ0) is 9.97. The monoisotopic (exact) mass is 213 g/mol. The van der Waals surface area contributed by atoms with Crippen molar-refractivity contribution in [2.45, 2.75) is 25.3 Å². The maximum atomic E-state index is 13.4. The Kier molecular flexibility index (Phi) is 3.04. The molecule has 0 aliphatic carbocycles. The molecule has 1 aromatic rings. The minimum Gasteiger partial charge on any atom is -0.314 e. The Bertz CT molecular complexity index is 301. The van der Waals surface area contributed by atoms with Gasteiger partial charge in [0.15, 0.2) is 0 Å². The van der Waals surface area contributed by atoms with Crippen LogP contribution in [0.2, 0.25) is 5.02 Å². The second-order valence-corrected chi connectivity index (χ2v) is 4.10. The Balaban J connectivity index is 2.14. The highest BCUT2D eigenvalue weighted by molar-refractivity contribution is 6.31. The van der Waals surface area contributed by atoms with Gasteiger partial charge in [0.25, 0.3) is 0 Å². The predicted octanol–water partition coefficient (Wildman–Crippen LogP) is 2.77. The lowest BCUT2D eigenvalue weighted by Gasteiger charge is -2.11. The highest BCUT2D eigenvalue weighted by atomic mass is 35.5. The third kappa shape index (κ3) is 2.07. The number of rotatable bonds is 2. The van der Waals surface area contributed by atoms with E-state index in [2.05, 4.69) is 5.32 Å². The molecular weight excluding hydrogens is 201 g/mol. The molecule has 1 fully saturated rings. The second kappa shape index (κ2) is 4.28. The van der Waals surface area contributed by atoms with Crippen molar-refractivity contribution in [3.05, 3.63) is 34.6 Å². The molecule has 0 saturated carbocycles. The van der Waals surface area contributed by atoms with Crippen LogP contribution < -0.4 is 5.32 Å². The first kappa shape index (κ1) is 9.94. The normalized spacial score (nSPS) is 21.4. The molecule has 1 saturated heterocycles. The molecule has 0 spiro atoms. The highest BCUT2D eigenvalue weighted by Gasteiger charge is 2.17. The highest BCUT2D eigenvalue weighted by Crippen LogP contribution is 2.22. The molecule has 1 atom stereocenters. The average molecular weight is 214 g/mol. The third-order valence-electron chi connectivity index (χ3n) is 2.67. The predicted molar refractivity (Wildman–Crippen MR) is 56.1 cm³/mol. The maximum Gasteiger partial charge on any atom is 0.127 e. The molecule has 3 heteroatoms. The number of hydrogen-bond donors (Lipinski definition) is 1. The number of hydrogen-bond acceptors (Lipinski definition) is 1. The SMILES string of the molecule is Fc1cccc(Cl)c1C[C@@H]1CCCN1. The Morgan fingerprint density at radius 2 is 2.36 bits per heavy atom. The topological polar surface area (TPSA) is 12.0 Å². The quantitative estimate of drug-likeness (QED) is 0.797. The molecule has 76 valence electrons. The van der Waals surface area contributed by atoms with Gasteiger partial charge >= 0.3 is 0 Å². The molecule has 1 aliphatic rings. The third-order valence-corrected chi connectivity index (χ3v) is 3.03. The molecule has 0 unspecified atom stereocenters. The van der Waals surface area contributed by atoms with E-state index in [4.69, 9.17) is 11.6 Å². The first-order valence-corrected chi connectivity index (χ1v) is 5.31. The largest absolute Gasteiger partial charge is 0.314 e. The lowest BCUT2D eigenvalue weighted by atomic mass is 10.0. The Morgan fingerprint density at radius 3 is 3.00 bits per heavy atom. The molecule has 0 bridgehead atoms. The summed E-state index contributed by atoms with van der Waals surface area (Å²) in [4.78, 5) is 0. The van der Waals surface area contributed by atoms with Gasteiger partial charge in [0.2, 0.25) is 0 Å². The fraction of sp³-hybridized carbons (Fsp3) is 0.455. The van der Waals surface area contributed by atoms with Gasteiger partial charge in [-0.2, -0.15) is 0 Å². The summed E-state index contributed by atoms with van der Waals surface area (Å²) < 4.78 is 13.4. The van der Waals surface area contributed by atoms with Crippen molar-refractivity contribution in [1.29, 1.82) is 0 Å². The van der Waals surface area contributed by atoms with E-state index in [-0.39, 0.29) is 5.82 Å². The number of nitrogens with one attached hydrogen (secondary N) is 1. The fourth-order valence-corrected chi connectivity index (χ4v) is 2.14. The van der Waals surface area contributed by atoms with Gasteiger partial charge in [0.1, 0.15) is 5.82 Å². The zero-order valence-electron chi connectivity index (χ0n) is 7.89. The van der Waals surface area contributed by atoms with Crippen LogP contribution in [-0.4, -0.2) is 12.6 Å². The van der Waals surface area contributed by atoms with Crippen LogP contribution in [0.3, 0.4) is 0 Å². The van der Waals surface area contributed by atoms with Gasteiger partial charge in [-0.25, -0.2) is 4.39 Å². The van der Waals surface area contributed by atoms with Crippen molar-refractivity contribution in [1.82, 2.24) is 5.32 Å². The van der Waals surface area contributed by atoms with Crippen molar-refractivity contribution in [3.63, 3.8) is 0 Å². The molecule has 1 aromatic carbocycles. The van der Waals surface area contributed by atoms with Crippen molar-refractivity contribution in [3.8, 4) is 0 Å². The number of benzene rings is 1. The second-order valence-electron chi connectivity index (χ2n) is 3.70. The van der Waals surface area contributed by atoms with Crippen molar-refractivity contribution in [2.75, 3.05) is 6.54 Å². The van der Waals surface area contributed by atoms with Gasteiger partial charge in [0.05, 0.1) is 0 Å². The van der Waals surface area contributed by atoms with E-state index in [1.807, 2.05) is 0 Å². The van der Waals surface area contributed by atoms with Crippen molar-refractivity contribution < 1.29 is 4.39 Å². The molecule has 14 heavy (non-hydrogen) atoms. The fourth-order valence-electron chi connectivity index (χ4n) is 1.90. The van der Waals surface area contributed by atoms with Crippen LogP contribution in [-0.2, 0) is 6.42 Å². The van der Waals surface area contributed by atoms with E-state index in [0.717, 1.165) is 13.0 Å². The first-order valence-electron chi connectivity index (χ1n) is 4.93. The standard InChI is InChI=1S/C11H13ClFN/c12-10-4-1-5-11(13)9(10)7-8-3-2-6-14-8/h1,4-5,8,14H,2-3,6-7H2/t8-/m0/s1. The summed E-state index contributed by atoms with van der Waals surface area (Å²) in [6, 6.07) is 5.25. The van der Waals surface area contributed by atoms with Gasteiger partial charge in [-0.3, -0.25) is 0 Å². The van der Waals surface area contributed by atoms with Crippen LogP contribution in [0.15, 0.2) is 18.2 Å². The van der Waals surface area contributed by atoms with Crippen LogP contribution in [0, 0.1) is 5.82 Å². The summed E-state index contributed by atoms with van der Waals surface area (Å²) >= 11 is 5.94. The Labute approximate surface area is 88.3 Å². The van der Waals surface area contributed by atoms with Crippen LogP contribution in [0.5, 0.6) is 0 Å². The number of halogens is 2. The van der Waals surface area contributed by atoms with E-state index in [1.165, 1.54) is 12.5 Å². The van der Waals surface area contributed by atoms with Gasteiger partial charge in [-0.1, -0.05) is 17.7 Å². The minimum absolute atomic E-state index is 0.189. The molecule has 1 heterocycles. The van der Waals surface area contributed by atoms with E-state index in [9.17, 15) is 4.39 Å². The smallest absolute Gasteiger partial charge is 0.127 e.